The summed E-state index contributed by atoms with van der Waals surface area (Å²) in [5.74, 6) is -0.946. The van der Waals surface area contributed by atoms with Gasteiger partial charge in [-0.05, 0) is 18.6 Å². The Labute approximate surface area is 104 Å². The molecule has 1 unspecified atom stereocenters. The number of hydrogen-bond donors (Lipinski definition) is 1. The molecule has 0 spiro atoms. The second-order valence-electron chi connectivity index (χ2n) is 4.18. The Morgan fingerprint density at radius 2 is 2.22 bits per heavy atom. The minimum Gasteiger partial charge on any atom is -0.479 e. The second-order valence-corrected chi connectivity index (χ2v) is 4.18. The first-order valence-corrected chi connectivity index (χ1v) is 5.94. The summed E-state index contributed by atoms with van der Waals surface area (Å²) in [4.78, 5) is 14.9. The van der Waals surface area contributed by atoms with Crippen LogP contribution in [0.5, 0.6) is 0 Å². The Morgan fingerprint density at radius 3 is 2.89 bits per heavy atom. The Hall–Kier alpha value is -1.91. The summed E-state index contributed by atoms with van der Waals surface area (Å²) in [6, 6.07) is 7.51. The van der Waals surface area contributed by atoms with Gasteiger partial charge in [0.1, 0.15) is 5.82 Å². The largest absolute Gasteiger partial charge is 0.479 e. The van der Waals surface area contributed by atoms with Crippen LogP contribution in [0.25, 0.3) is 11.0 Å². The lowest BCUT2D eigenvalue weighted by atomic mass is 10.2. The van der Waals surface area contributed by atoms with Crippen LogP contribution in [0, 0.1) is 0 Å². The Kier molecular flexibility index (Phi) is 3.60. The summed E-state index contributed by atoms with van der Waals surface area (Å²) in [5, 5.41) is 8.63. The third-order valence-corrected chi connectivity index (χ3v) is 2.81. The number of carboxylic acid groups (broad SMARTS) is 1. The predicted octanol–water partition coefficient (Wildman–Crippen LogP) is 2.41. The van der Waals surface area contributed by atoms with E-state index < -0.39 is 12.1 Å². The molecule has 1 heterocycles. The molecule has 0 saturated carbocycles. The third-order valence-electron chi connectivity index (χ3n) is 2.81. The number of carboxylic acids is 1. The average molecular weight is 250 g/mol. The van der Waals surface area contributed by atoms with Crippen molar-refractivity contribution in [1.82, 2.24) is 9.55 Å². The van der Waals surface area contributed by atoms with Crippen LogP contribution in [0.1, 0.15) is 19.2 Å². The van der Waals surface area contributed by atoms with Gasteiger partial charge in [-0.15, -0.1) is 0 Å². The van der Waals surface area contributed by atoms with Crippen LogP contribution in [0.3, 0.4) is 0 Å². The predicted molar refractivity (Wildman–Crippen MR) is 66.3 cm³/mol. The molecule has 0 saturated heterocycles. The summed E-state index contributed by atoms with van der Waals surface area (Å²) in [6.45, 7) is 2.73. The van der Waals surface area contributed by atoms with Gasteiger partial charge < -0.3 is 9.67 Å². The monoisotopic (exact) mass is 250 g/mol. The molecule has 0 radical (unpaired) electrons. The van der Waals surface area contributed by atoms with Gasteiger partial charge in [0.05, 0.1) is 11.0 Å². The molecular formula is C13H15FN2O2. The highest BCUT2D eigenvalue weighted by molar-refractivity contribution is 5.76. The zero-order valence-electron chi connectivity index (χ0n) is 10.1. The van der Waals surface area contributed by atoms with Gasteiger partial charge in [0.25, 0.3) is 0 Å². The van der Waals surface area contributed by atoms with Crippen LogP contribution in [0.4, 0.5) is 4.39 Å². The van der Waals surface area contributed by atoms with Crippen LogP contribution in [-0.2, 0) is 17.8 Å². The van der Waals surface area contributed by atoms with E-state index >= 15 is 0 Å². The quantitative estimate of drug-likeness (QED) is 0.886. The van der Waals surface area contributed by atoms with Crippen LogP contribution in [0.2, 0.25) is 0 Å². The van der Waals surface area contributed by atoms with Gasteiger partial charge in [-0.3, -0.25) is 0 Å². The molecule has 0 aliphatic heterocycles. The first kappa shape index (κ1) is 12.5. The van der Waals surface area contributed by atoms with Crippen molar-refractivity contribution in [2.45, 2.75) is 32.5 Å². The molecule has 4 nitrogen and oxygen atoms in total. The van der Waals surface area contributed by atoms with Gasteiger partial charge in [0.15, 0.2) is 0 Å². The zero-order valence-corrected chi connectivity index (χ0v) is 10.1. The molecule has 0 aliphatic carbocycles. The number of aryl methyl sites for hydroxylation is 1. The lowest BCUT2D eigenvalue weighted by molar-refractivity contribution is -0.142. The van der Waals surface area contributed by atoms with Crippen LogP contribution < -0.4 is 0 Å². The average Bonchev–Trinajstić information content (AvgIpc) is 2.68. The van der Waals surface area contributed by atoms with Crippen molar-refractivity contribution in [1.29, 1.82) is 0 Å². The fourth-order valence-electron chi connectivity index (χ4n) is 2.00. The number of hydrogen-bond acceptors (Lipinski definition) is 2. The van der Waals surface area contributed by atoms with Gasteiger partial charge in [-0.25, -0.2) is 14.2 Å². The number of halogens is 1. The molecule has 1 N–H and O–H groups in total. The van der Waals surface area contributed by atoms with Crippen molar-refractivity contribution in [2.24, 2.45) is 0 Å². The van der Waals surface area contributed by atoms with Gasteiger partial charge in [0.2, 0.25) is 6.17 Å². The molecule has 1 atom stereocenters. The summed E-state index contributed by atoms with van der Waals surface area (Å²) < 4.78 is 15.2. The number of alkyl halides is 1. The molecule has 96 valence electrons. The maximum Gasteiger partial charge on any atom is 0.338 e. The van der Waals surface area contributed by atoms with Gasteiger partial charge in [-0.2, -0.15) is 0 Å². The maximum absolute atomic E-state index is 13.3. The molecular weight excluding hydrogens is 235 g/mol. The number of para-hydroxylation sites is 2. The van der Waals surface area contributed by atoms with Crippen molar-refractivity contribution in [2.75, 3.05) is 0 Å². The minimum absolute atomic E-state index is 0.190. The number of carbonyl (C=O) groups is 1. The lowest BCUT2D eigenvalue weighted by Crippen LogP contribution is -2.19. The van der Waals surface area contributed by atoms with E-state index in [1.54, 1.807) is 0 Å². The van der Waals surface area contributed by atoms with Crippen LogP contribution >= 0.6 is 0 Å². The molecule has 2 rings (SSSR count). The van der Waals surface area contributed by atoms with Crippen LogP contribution in [-0.4, -0.2) is 26.8 Å². The van der Waals surface area contributed by atoms with Crippen LogP contribution in [0.15, 0.2) is 24.3 Å². The molecule has 1 aromatic heterocycles. The van der Waals surface area contributed by atoms with E-state index in [0.717, 1.165) is 17.5 Å². The molecule has 0 aliphatic rings. The van der Waals surface area contributed by atoms with Crippen molar-refractivity contribution in [3.8, 4) is 0 Å². The molecule has 1 aromatic carbocycles. The third kappa shape index (κ3) is 2.34. The molecule has 0 bridgehead atoms. The Bertz CT molecular complexity index is 565. The number of imidazole rings is 1. The Balaban J connectivity index is 2.42. The van der Waals surface area contributed by atoms with E-state index in [4.69, 9.17) is 5.11 Å². The maximum atomic E-state index is 13.3. The van der Waals surface area contributed by atoms with Gasteiger partial charge >= 0.3 is 5.97 Å². The second kappa shape index (κ2) is 5.16. The molecule has 0 amide bonds. The van der Waals surface area contributed by atoms with E-state index in [1.807, 2.05) is 35.8 Å². The van der Waals surface area contributed by atoms with E-state index in [1.165, 1.54) is 0 Å². The summed E-state index contributed by atoms with van der Waals surface area (Å²) >= 11 is 0. The minimum atomic E-state index is -1.91. The SMILES string of the molecule is CCCn1c(CC(F)C(=O)O)nc2ccccc21. The highest BCUT2D eigenvalue weighted by Gasteiger charge is 2.20. The van der Waals surface area contributed by atoms with Crippen molar-refractivity contribution in [3.63, 3.8) is 0 Å². The highest BCUT2D eigenvalue weighted by atomic mass is 19.1. The number of fused-ring (bicyclic) bond motifs is 1. The number of benzene rings is 1. The normalized spacial score (nSPS) is 12.8. The number of aromatic nitrogens is 2. The first-order valence-electron chi connectivity index (χ1n) is 5.94. The molecule has 0 fully saturated rings. The lowest BCUT2D eigenvalue weighted by Gasteiger charge is -2.08. The molecule has 18 heavy (non-hydrogen) atoms. The summed E-state index contributed by atoms with van der Waals surface area (Å²) in [6.07, 6.45) is -1.21. The standard InChI is InChI=1S/C13H15FN2O2/c1-2-7-16-11-6-4-3-5-10(11)15-12(16)8-9(14)13(17)18/h3-6,9H,2,7-8H2,1H3,(H,17,18). The van der Waals surface area contributed by atoms with E-state index in [9.17, 15) is 9.18 Å². The molecule has 5 heteroatoms. The summed E-state index contributed by atoms with van der Waals surface area (Å²) in [5.41, 5.74) is 1.70. The highest BCUT2D eigenvalue weighted by Crippen LogP contribution is 2.18. The molecule has 2 aromatic rings. The number of aliphatic carboxylic acids is 1. The smallest absolute Gasteiger partial charge is 0.338 e. The van der Waals surface area contributed by atoms with Gasteiger partial charge in [0, 0.05) is 13.0 Å². The summed E-state index contributed by atoms with van der Waals surface area (Å²) in [7, 11) is 0. The van der Waals surface area contributed by atoms with Crippen molar-refractivity contribution in [3.05, 3.63) is 30.1 Å². The fraction of sp³-hybridized carbons (Fsp3) is 0.385. The topological polar surface area (TPSA) is 55.1 Å². The fourth-order valence-corrected chi connectivity index (χ4v) is 2.00. The van der Waals surface area contributed by atoms with Gasteiger partial charge in [-0.1, -0.05) is 19.1 Å². The van der Waals surface area contributed by atoms with E-state index in [-0.39, 0.29) is 6.42 Å². The Morgan fingerprint density at radius 1 is 1.50 bits per heavy atom. The van der Waals surface area contributed by atoms with E-state index in [0.29, 0.717) is 12.4 Å². The van der Waals surface area contributed by atoms with E-state index in [2.05, 4.69) is 4.98 Å². The number of nitrogens with zero attached hydrogens (tertiary/aromatic N) is 2. The van der Waals surface area contributed by atoms with Crippen molar-refractivity contribution >= 4 is 17.0 Å². The zero-order chi connectivity index (χ0) is 13.1. The number of rotatable bonds is 5. The van der Waals surface area contributed by atoms with Crippen molar-refractivity contribution < 1.29 is 14.3 Å². The first-order chi connectivity index (χ1) is 8.63.